The van der Waals surface area contributed by atoms with Gasteiger partial charge in [0.15, 0.2) is 0 Å². The molecule has 0 amide bonds. The molecule has 88 valence electrons. The molecule has 16 heavy (non-hydrogen) atoms. The molecule has 0 fully saturated rings. The van der Waals surface area contributed by atoms with Crippen LogP contribution in [0.15, 0.2) is 12.1 Å². The highest BCUT2D eigenvalue weighted by atomic mass is 16.4. The zero-order chi connectivity index (χ0) is 12.1. The Morgan fingerprint density at radius 3 is 2.75 bits per heavy atom. The molecule has 0 aliphatic rings. The second kappa shape index (κ2) is 5.49. The van der Waals surface area contributed by atoms with Gasteiger partial charge in [-0.15, -0.1) is 0 Å². The van der Waals surface area contributed by atoms with Gasteiger partial charge in [-0.2, -0.15) is 0 Å². The van der Waals surface area contributed by atoms with Gasteiger partial charge in [0.1, 0.15) is 5.82 Å². The minimum absolute atomic E-state index is 0.297. The molecule has 0 unspecified atom stereocenters. The molecule has 1 N–H and O–H groups in total. The summed E-state index contributed by atoms with van der Waals surface area (Å²) in [5, 5.41) is 8.95. The van der Waals surface area contributed by atoms with E-state index in [1.807, 2.05) is 18.9 Å². The molecule has 0 saturated heterocycles. The average molecular weight is 222 g/mol. The molecule has 0 aromatic carbocycles. The molecule has 0 saturated carbocycles. The zero-order valence-corrected chi connectivity index (χ0v) is 10.0. The number of anilines is 1. The Bertz CT molecular complexity index is 377. The first-order valence-corrected chi connectivity index (χ1v) is 5.47. The third-order valence-corrected chi connectivity index (χ3v) is 2.43. The van der Waals surface area contributed by atoms with Gasteiger partial charge >= 0.3 is 5.97 Å². The Hall–Kier alpha value is -1.58. The number of hydrogen-bond acceptors (Lipinski definition) is 3. The first-order chi connectivity index (χ1) is 7.54. The van der Waals surface area contributed by atoms with Crippen molar-refractivity contribution in [3.63, 3.8) is 0 Å². The fourth-order valence-corrected chi connectivity index (χ4v) is 1.48. The van der Waals surface area contributed by atoms with Crippen LogP contribution in [0.25, 0.3) is 0 Å². The van der Waals surface area contributed by atoms with Crippen LogP contribution in [0.1, 0.15) is 35.8 Å². The number of aromatic nitrogens is 1. The van der Waals surface area contributed by atoms with Crippen molar-refractivity contribution < 1.29 is 9.90 Å². The quantitative estimate of drug-likeness (QED) is 0.830. The smallest absolute Gasteiger partial charge is 0.335 e. The minimum Gasteiger partial charge on any atom is -0.478 e. The highest BCUT2D eigenvalue weighted by Crippen LogP contribution is 2.14. The Kier molecular flexibility index (Phi) is 4.28. The predicted octanol–water partition coefficient (Wildman–Crippen LogP) is 2.32. The second-order valence-electron chi connectivity index (χ2n) is 3.94. The molecule has 0 spiro atoms. The van der Waals surface area contributed by atoms with Crippen molar-refractivity contribution in [1.29, 1.82) is 0 Å². The first kappa shape index (κ1) is 12.5. The molecule has 0 bridgehead atoms. The highest BCUT2D eigenvalue weighted by Gasteiger charge is 2.09. The number of carboxylic acid groups (broad SMARTS) is 1. The molecule has 1 rings (SSSR count). The van der Waals surface area contributed by atoms with Gasteiger partial charge in [-0.05, 0) is 25.5 Å². The molecule has 0 aliphatic heterocycles. The minimum atomic E-state index is -0.907. The largest absolute Gasteiger partial charge is 0.478 e. The van der Waals surface area contributed by atoms with Crippen molar-refractivity contribution >= 4 is 11.8 Å². The summed E-state index contributed by atoms with van der Waals surface area (Å²) in [4.78, 5) is 17.2. The van der Waals surface area contributed by atoms with Crippen molar-refractivity contribution in [3.8, 4) is 0 Å². The van der Waals surface area contributed by atoms with Crippen LogP contribution in [0.5, 0.6) is 0 Å². The van der Waals surface area contributed by atoms with E-state index in [1.54, 1.807) is 12.1 Å². The van der Waals surface area contributed by atoms with E-state index in [0.717, 1.165) is 30.9 Å². The normalized spacial score (nSPS) is 10.2. The van der Waals surface area contributed by atoms with E-state index in [0.29, 0.717) is 5.56 Å². The van der Waals surface area contributed by atoms with E-state index in [2.05, 4.69) is 11.9 Å². The van der Waals surface area contributed by atoms with E-state index < -0.39 is 5.97 Å². The molecule has 4 nitrogen and oxygen atoms in total. The molecule has 0 aliphatic carbocycles. The van der Waals surface area contributed by atoms with Gasteiger partial charge in [-0.25, -0.2) is 9.78 Å². The third-order valence-electron chi connectivity index (χ3n) is 2.43. The van der Waals surface area contributed by atoms with Gasteiger partial charge < -0.3 is 10.0 Å². The lowest BCUT2D eigenvalue weighted by Crippen LogP contribution is -2.20. The Morgan fingerprint density at radius 2 is 2.19 bits per heavy atom. The summed E-state index contributed by atoms with van der Waals surface area (Å²) in [6.07, 6.45) is 2.19. The van der Waals surface area contributed by atoms with Crippen LogP contribution in [-0.4, -0.2) is 29.7 Å². The third kappa shape index (κ3) is 3.22. The summed E-state index contributed by atoms with van der Waals surface area (Å²) in [6.45, 7) is 4.83. The van der Waals surface area contributed by atoms with Crippen LogP contribution in [0.3, 0.4) is 0 Å². The van der Waals surface area contributed by atoms with Crippen LogP contribution in [-0.2, 0) is 0 Å². The number of nitrogens with zero attached hydrogens (tertiary/aromatic N) is 2. The number of aromatic carboxylic acids is 1. The summed E-state index contributed by atoms with van der Waals surface area (Å²) in [5.74, 6) is -0.179. The number of carboxylic acids is 1. The van der Waals surface area contributed by atoms with Gasteiger partial charge in [0.05, 0.1) is 5.56 Å². The van der Waals surface area contributed by atoms with Crippen LogP contribution in [0.2, 0.25) is 0 Å². The lowest BCUT2D eigenvalue weighted by atomic mass is 10.2. The zero-order valence-electron chi connectivity index (χ0n) is 10.0. The molecule has 4 heteroatoms. The number of pyridine rings is 1. The van der Waals surface area contributed by atoms with E-state index in [9.17, 15) is 4.79 Å². The van der Waals surface area contributed by atoms with Crippen molar-refractivity contribution in [3.05, 3.63) is 23.4 Å². The monoisotopic (exact) mass is 222 g/mol. The van der Waals surface area contributed by atoms with Crippen molar-refractivity contribution in [2.24, 2.45) is 0 Å². The van der Waals surface area contributed by atoms with Gasteiger partial charge in [0.25, 0.3) is 0 Å². The SMILES string of the molecule is CCCCN(C)c1cc(C(=O)O)cc(C)n1. The van der Waals surface area contributed by atoms with E-state index in [4.69, 9.17) is 5.11 Å². The van der Waals surface area contributed by atoms with Crippen molar-refractivity contribution in [2.75, 3.05) is 18.5 Å². The summed E-state index contributed by atoms with van der Waals surface area (Å²) in [5.41, 5.74) is 1.03. The molecule has 0 atom stereocenters. The molecule has 1 aromatic heterocycles. The molecule has 1 aromatic rings. The summed E-state index contributed by atoms with van der Waals surface area (Å²) >= 11 is 0. The number of carbonyl (C=O) groups is 1. The fourth-order valence-electron chi connectivity index (χ4n) is 1.48. The first-order valence-electron chi connectivity index (χ1n) is 5.47. The Balaban J connectivity index is 2.91. The number of unbranched alkanes of at least 4 members (excludes halogenated alkanes) is 1. The van der Waals surface area contributed by atoms with E-state index >= 15 is 0 Å². The summed E-state index contributed by atoms with van der Waals surface area (Å²) < 4.78 is 0. The summed E-state index contributed by atoms with van der Waals surface area (Å²) in [7, 11) is 1.93. The average Bonchev–Trinajstić information content (AvgIpc) is 2.24. The lowest BCUT2D eigenvalue weighted by Gasteiger charge is -2.18. The molecular weight excluding hydrogens is 204 g/mol. The molecule has 1 heterocycles. The van der Waals surface area contributed by atoms with Crippen molar-refractivity contribution in [2.45, 2.75) is 26.7 Å². The topological polar surface area (TPSA) is 53.4 Å². The van der Waals surface area contributed by atoms with Gasteiger partial charge in [0.2, 0.25) is 0 Å². The second-order valence-corrected chi connectivity index (χ2v) is 3.94. The Morgan fingerprint density at radius 1 is 1.50 bits per heavy atom. The van der Waals surface area contributed by atoms with Crippen LogP contribution < -0.4 is 4.90 Å². The van der Waals surface area contributed by atoms with Gasteiger partial charge in [-0.1, -0.05) is 13.3 Å². The maximum atomic E-state index is 10.9. The van der Waals surface area contributed by atoms with Crippen molar-refractivity contribution in [1.82, 2.24) is 4.98 Å². The Labute approximate surface area is 95.9 Å². The van der Waals surface area contributed by atoms with E-state index in [-0.39, 0.29) is 0 Å². The van der Waals surface area contributed by atoms with Crippen LogP contribution in [0.4, 0.5) is 5.82 Å². The lowest BCUT2D eigenvalue weighted by molar-refractivity contribution is 0.0696. The fraction of sp³-hybridized carbons (Fsp3) is 0.500. The number of hydrogen-bond donors (Lipinski definition) is 1. The standard InChI is InChI=1S/C12H18N2O2/c1-4-5-6-14(3)11-8-10(12(15)16)7-9(2)13-11/h7-8H,4-6H2,1-3H3,(H,15,16). The van der Waals surface area contributed by atoms with Gasteiger partial charge in [-0.3, -0.25) is 0 Å². The molecule has 0 radical (unpaired) electrons. The highest BCUT2D eigenvalue weighted by molar-refractivity contribution is 5.88. The maximum Gasteiger partial charge on any atom is 0.335 e. The molecular formula is C12H18N2O2. The maximum absolute atomic E-state index is 10.9. The van der Waals surface area contributed by atoms with Crippen LogP contribution in [0, 0.1) is 6.92 Å². The van der Waals surface area contributed by atoms with Crippen LogP contribution >= 0.6 is 0 Å². The number of aryl methyl sites for hydroxylation is 1. The summed E-state index contributed by atoms with van der Waals surface area (Å²) in [6, 6.07) is 3.20. The van der Waals surface area contributed by atoms with E-state index in [1.165, 1.54) is 0 Å². The number of rotatable bonds is 5. The van der Waals surface area contributed by atoms with Gasteiger partial charge in [0, 0.05) is 19.3 Å². The predicted molar refractivity (Wildman–Crippen MR) is 64.1 cm³/mol.